The van der Waals surface area contributed by atoms with Gasteiger partial charge in [-0.3, -0.25) is 4.79 Å². The van der Waals surface area contributed by atoms with Gasteiger partial charge in [-0.2, -0.15) is 0 Å². The van der Waals surface area contributed by atoms with Crippen LogP contribution in [0.4, 0.5) is 10.1 Å². The third-order valence-electron chi connectivity index (χ3n) is 4.67. The zero-order valence-electron chi connectivity index (χ0n) is 14.2. The first-order valence-corrected chi connectivity index (χ1v) is 8.70. The Labute approximate surface area is 147 Å². The lowest BCUT2D eigenvalue weighted by atomic mass is 9.97. The zero-order valence-corrected chi connectivity index (χ0v) is 14.2. The van der Waals surface area contributed by atoms with Crippen LogP contribution in [0.5, 0.6) is 0 Å². The molecule has 1 unspecified atom stereocenters. The number of piperidine rings is 1. The van der Waals surface area contributed by atoms with Gasteiger partial charge >= 0.3 is 0 Å². The maximum atomic E-state index is 13.2. The molecule has 3 N–H and O–H groups in total. The van der Waals surface area contributed by atoms with E-state index in [1.807, 2.05) is 6.07 Å². The normalized spacial score (nSPS) is 17.5. The number of nitrogens with zero attached hydrogens (tertiary/aromatic N) is 1. The smallest absolute Gasteiger partial charge is 0.222 e. The Balaban J connectivity index is 1.52. The predicted molar refractivity (Wildman–Crippen MR) is 97.5 cm³/mol. The molecule has 1 aliphatic heterocycles. The molecule has 132 valence electrons. The summed E-state index contributed by atoms with van der Waals surface area (Å²) in [6, 6.07) is 15.0. The number of hydrogen-bond donors (Lipinski definition) is 2. The molecule has 25 heavy (non-hydrogen) atoms. The molecule has 0 saturated carbocycles. The van der Waals surface area contributed by atoms with Crippen molar-refractivity contribution in [3.05, 3.63) is 65.5 Å². The molecule has 1 atom stereocenters. The van der Waals surface area contributed by atoms with Gasteiger partial charge in [-0.1, -0.05) is 24.3 Å². The van der Waals surface area contributed by atoms with Crippen molar-refractivity contribution >= 4 is 11.6 Å². The summed E-state index contributed by atoms with van der Waals surface area (Å²) < 4.78 is 13.2. The number of carbonyl (C=O) groups excluding carboxylic acids is 1. The third kappa shape index (κ3) is 4.79. The third-order valence-corrected chi connectivity index (χ3v) is 4.67. The van der Waals surface area contributed by atoms with Gasteiger partial charge in [0.25, 0.3) is 0 Å². The molecule has 0 aliphatic carbocycles. The predicted octanol–water partition coefficient (Wildman–Crippen LogP) is 2.82. The number of amides is 1. The summed E-state index contributed by atoms with van der Waals surface area (Å²) in [5.74, 6) is -0.469. The van der Waals surface area contributed by atoms with E-state index in [0.717, 1.165) is 37.2 Å². The summed E-state index contributed by atoms with van der Waals surface area (Å²) in [5, 5.41) is 3.32. The Morgan fingerprint density at radius 1 is 1.16 bits per heavy atom. The van der Waals surface area contributed by atoms with Crippen molar-refractivity contribution in [2.24, 2.45) is 11.7 Å². The van der Waals surface area contributed by atoms with Crippen LogP contribution < -0.4 is 16.0 Å². The molecule has 2 aromatic carbocycles. The van der Waals surface area contributed by atoms with E-state index in [1.54, 1.807) is 12.1 Å². The molecule has 1 aliphatic rings. The van der Waals surface area contributed by atoms with E-state index in [-0.39, 0.29) is 17.6 Å². The van der Waals surface area contributed by atoms with Crippen LogP contribution in [0.15, 0.2) is 48.5 Å². The Morgan fingerprint density at radius 2 is 1.92 bits per heavy atom. The van der Waals surface area contributed by atoms with Gasteiger partial charge in [-0.05, 0) is 48.2 Å². The summed E-state index contributed by atoms with van der Waals surface area (Å²) in [6.45, 7) is 3.01. The van der Waals surface area contributed by atoms with Gasteiger partial charge < -0.3 is 16.0 Å². The monoisotopic (exact) mass is 341 g/mol. The average Bonchev–Trinajstić information content (AvgIpc) is 2.62. The van der Waals surface area contributed by atoms with Crippen LogP contribution in [0.1, 0.15) is 24.0 Å². The van der Waals surface area contributed by atoms with Gasteiger partial charge in [0.15, 0.2) is 0 Å². The Bertz CT molecular complexity index is 717. The fourth-order valence-electron chi connectivity index (χ4n) is 3.27. The van der Waals surface area contributed by atoms with Crippen LogP contribution >= 0.6 is 0 Å². The van der Waals surface area contributed by atoms with E-state index in [2.05, 4.69) is 34.5 Å². The molecule has 2 aromatic rings. The molecule has 4 nitrogen and oxygen atoms in total. The van der Waals surface area contributed by atoms with E-state index in [4.69, 9.17) is 5.73 Å². The van der Waals surface area contributed by atoms with Crippen molar-refractivity contribution in [1.82, 2.24) is 5.32 Å². The first-order valence-electron chi connectivity index (χ1n) is 8.70. The summed E-state index contributed by atoms with van der Waals surface area (Å²) in [7, 11) is 0. The lowest BCUT2D eigenvalue weighted by Crippen LogP contribution is -2.41. The molecule has 0 radical (unpaired) electrons. The first-order chi connectivity index (χ1) is 12.1. The average molecular weight is 341 g/mol. The lowest BCUT2D eigenvalue weighted by molar-refractivity contribution is -0.122. The summed E-state index contributed by atoms with van der Waals surface area (Å²) in [5.41, 5.74) is 8.67. The van der Waals surface area contributed by atoms with Crippen molar-refractivity contribution in [1.29, 1.82) is 0 Å². The highest BCUT2D eigenvalue weighted by Crippen LogP contribution is 2.23. The van der Waals surface area contributed by atoms with Gasteiger partial charge in [0, 0.05) is 31.9 Å². The number of benzene rings is 2. The molecule has 5 heteroatoms. The Morgan fingerprint density at radius 3 is 2.64 bits per heavy atom. The molecular weight excluding hydrogens is 317 g/mol. The Hall–Kier alpha value is -2.40. The maximum Gasteiger partial charge on any atom is 0.222 e. The zero-order chi connectivity index (χ0) is 17.6. The number of hydrogen-bond acceptors (Lipinski definition) is 3. The van der Waals surface area contributed by atoms with Crippen molar-refractivity contribution in [3.63, 3.8) is 0 Å². The van der Waals surface area contributed by atoms with Crippen LogP contribution in [-0.4, -0.2) is 19.0 Å². The molecule has 1 fully saturated rings. The van der Waals surface area contributed by atoms with Crippen molar-refractivity contribution < 1.29 is 9.18 Å². The first kappa shape index (κ1) is 17.4. The number of carbonyl (C=O) groups is 1. The van der Waals surface area contributed by atoms with Gasteiger partial charge in [0.1, 0.15) is 5.82 Å². The lowest BCUT2D eigenvalue weighted by Gasteiger charge is -2.33. The maximum absolute atomic E-state index is 13.2. The highest BCUT2D eigenvalue weighted by atomic mass is 19.1. The second kappa shape index (κ2) is 8.12. The molecule has 3 rings (SSSR count). The number of halogens is 1. The minimum atomic E-state index is -0.209. The van der Waals surface area contributed by atoms with E-state index < -0.39 is 0 Å². The van der Waals surface area contributed by atoms with Gasteiger partial charge in [0.2, 0.25) is 5.91 Å². The van der Waals surface area contributed by atoms with Crippen LogP contribution in [0.2, 0.25) is 0 Å². The second-order valence-electron chi connectivity index (χ2n) is 6.59. The quantitative estimate of drug-likeness (QED) is 0.849. The number of anilines is 1. The van der Waals surface area contributed by atoms with E-state index >= 15 is 0 Å². The molecular formula is C20H24FN3O. The second-order valence-corrected chi connectivity index (χ2v) is 6.59. The molecule has 1 saturated heterocycles. The fraction of sp³-hybridized carbons (Fsp3) is 0.350. The molecule has 1 amide bonds. The summed E-state index contributed by atoms with van der Waals surface area (Å²) in [6.07, 6.45) is 1.87. The Kier molecular flexibility index (Phi) is 5.66. The molecule has 1 heterocycles. The molecule has 0 bridgehead atoms. The number of nitrogens with two attached hydrogens (primary N) is 1. The number of nitrogens with one attached hydrogen (secondary N) is 1. The SMILES string of the molecule is NC(=O)C1CCCN(c2ccc(CNCc3cccc(F)c3)cc2)C1. The minimum absolute atomic E-state index is 0.0543. The van der Waals surface area contributed by atoms with Crippen molar-refractivity contribution in [2.45, 2.75) is 25.9 Å². The van der Waals surface area contributed by atoms with Crippen LogP contribution in [0, 0.1) is 11.7 Å². The van der Waals surface area contributed by atoms with Gasteiger partial charge in [0.05, 0.1) is 5.92 Å². The standard InChI is InChI=1S/C20H24FN3O/c21-18-5-1-3-16(11-18)13-23-12-15-6-8-19(9-7-15)24-10-2-4-17(14-24)20(22)25/h1,3,5-9,11,17,23H,2,4,10,12-14H2,(H2,22,25). The van der Waals surface area contributed by atoms with Gasteiger partial charge in [-0.25, -0.2) is 4.39 Å². The van der Waals surface area contributed by atoms with Crippen LogP contribution in [0.3, 0.4) is 0 Å². The topological polar surface area (TPSA) is 58.4 Å². The molecule has 0 spiro atoms. The number of primary amides is 1. The summed E-state index contributed by atoms with van der Waals surface area (Å²) in [4.78, 5) is 13.6. The van der Waals surface area contributed by atoms with Crippen molar-refractivity contribution in [3.8, 4) is 0 Å². The van der Waals surface area contributed by atoms with E-state index in [1.165, 1.54) is 11.6 Å². The van der Waals surface area contributed by atoms with Crippen LogP contribution in [-0.2, 0) is 17.9 Å². The number of rotatable bonds is 6. The summed E-state index contributed by atoms with van der Waals surface area (Å²) >= 11 is 0. The molecule has 0 aromatic heterocycles. The van der Waals surface area contributed by atoms with Crippen LogP contribution in [0.25, 0.3) is 0 Å². The highest BCUT2D eigenvalue weighted by Gasteiger charge is 2.23. The fourth-order valence-corrected chi connectivity index (χ4v) is 3.27. The van der Waals surface area contributed by atoms with Gasteiger partial charge in [-0.15, -0.1) is 0 Å². The largest absolute Gasteiger partial charge is 0.371 e. The van der Waals surface area contributed by atoms with Crippen molar-refractivity contribution in [2.75, 3.05) is 18.0 Å². The van der Waals surface area contributed by atoms with E-state index in [9.17, 15) is 9.18 Å². The minimum Gasteiger partial charge on any atom is -0.371 e. The highest BCUT2D eigenvalue weighted by molar-refractivity contribution is 5.77. The van der Waals surface area contributed by atoms with E-state index in [0.29, 0.717) is 13.1 Å².